The van der Waals surface area contributed by atoms with E-state index in [9.17, 15) is 0 Å². The zero-order valence-corrected chi connectivity index (χ0v) is 7.78. The highest BCUT2D eigenvalue weighted by atomic mass is 15.0. The van der Waals surface area contributed by atoms with Crippen LogP contribution in [0.25, 0.3) is 11.3 Å². The molecular weight excluding hydrogens is 164 g/mol. The predicted octanol–water partition coefficient (Wildman–Crippen LogP) is 1.55. The smallest absolute Gasteiger partial charge is 0.197 e. The molecule has 4 heteroatoms. The minimum atomic E-state index is 0.598. The Morgan fingerprint density at radius 3 is 2.77 bits per heavy atom. The summed E-state index contributed by atoms with van der Waals surface area (Å²) < 4.78 is 0. The van der Waals surface area contributed by atoms with Crippen molar-refractivity contribution < 1.29 is 0 Å². The van der Waals surface area contributed by atoms with Crippen LogP contribution in [-0.4, -0.2) is 19.9 Å². The van der Waals surface area contributed by atoms with Crippen LogP contribution < -0.4 is 0 Å². The maximum Gasteiger partial charge on any atom is 0.197 e. The molecule has 0 aliphatic carbocycles. The van der Waals surface area contributed by atoms with Gasteiger partial charge in [0.2, 0.25) is 0 Å². The van der Waals surface area contributed by atoms with Gasteiger partial charge in [0, 0.05) is 18.8 Å². The highest BCUT2D eigenvalue weighted by Crippen LogP contribution is 2.08. The van der Waals surface area contributed by atoms with Gasteiger partial charge in [0.1, 0.15) is 5.82 Å². The lowest BCUT2D eigenvalue weighted by Gasteiger charge is -1.97. The lowest BCUT2D eigenvalue weighted by Crippen LogP contribution is -1.95. The zero-order chi connectivity index (χ0) is 9.26. The minimum absolute atomic E-state index is 0.598. The first-order chi connectivity index (χ1) is 6.25. The van der Waals surface area contributed by atoms with E-state index < -0.39 is 0 Å². The Hall–Kier alpha value is -1.45. The van der Waals surface area contributed by atoms with Crippen molar-refractivity contribution in [1.82, 2.24) is 19.9 Å². The molecule has 2 aromatic rings. The summed E-state index contributed by atoms with van der Waals surface area (Å²) in [5.41, 5.74) is 1.48. The molecule has 0 bridgehead atoms. The van der Waals surface area contributed by atoms with Crippen molar-refractivity contribution in [2.24, 2.45) is 5.92 Å². The van der Waals surface area contributed by atoms with E-state index in [4.69, 9.17) is 0 Å². The van der Waals surface area contributed by atoms with Gasteiger partial charge in [-0.15, -0.1) is 0 Å². The molecule has 13 heavy (non-hydrogen) atoms. The molecule has 0 atom stereocenters. The van der Waals surface area contributed by atoms with Gasteiger partial charge in [0.05, 0.1) is 0 Å². The number of aromatic amines is 1. The van der Waals surface area contributed by atoms with Gasteiger partial charge in [0.15, 0.2) is 11.3 Å². The van der Waals surface area contributed by atoms with Crippen LogP contribution in [0.15, 0.2) is 12.4 Å². The quantitative estimate of drug-likeness (QED) is 0.755. The lowest BCUT2D eigenvalue weighted by molar-refractivity contribution is 0.627. The molecule has 2 aromatic heterocycles. The van der Waals surface area contributed by atoms with Crippen LogP contribution in [-0.2, 0) is 6.42 Å². The molecule has 0 saturated carbocycles. The molecule has 0 aromatic carbocycles. The van der Waals surface area contributed by atoms with Gasteiger partial charge in [-0.3, -0.25) is 0 Å². The van der Waals surface area contributed by atoms with E-state index in [1.54, 1.807) is 12.4 Å². The van der Waals surface area contributed by atoms with Gasteiger partial charge in [-0.1, -0.05) is 13.8 Å². The van der Waals surface area contributed by atoms with E-state index in [2.05, 4.69) is 33.8 Å². The van der Waals surface area contributed by atoms with Crippen LogP contribution in [0.4, 0.5) is 0 Å². The molecule has 68 valence electrons. The Kier molecular flexibility index (Phi) is 1.96. The number of hydrogen-bond acceptors (Lipinski definition) is 3. The molecule has 1 N–H and O–H groups in total. The van der Waals surface area contributed by atoms with Gasteiger partial charge in [0.25, 0.3) is 0 Å². The monoisotopic (exact) mass is 176 g/mol. The van der Waals surface area contributed by atoms with Crippen LogP contribution in [0.1, 0.15) is 19.7 Å². The molecular formula is C9H12N4. The van der Waals surface area contributed by atoms with E-state index in [0.29, 0.717) is 11.6 Å². The Morgan fingerprint density at radius 2 is 2.08 bits per heavy atom. The number of H-pyrrole nitrogens is 1. The van der Waals surface area contributed by atoms with E-state index in [1.807, 2.05) is 0 Å². The van der Waals surface area contributed by atoms with Crippen molar-refractivity contribution in [3.8, 4) is 0 Å². The number of rotatable bonds is 2. The molecule has 0 unspecified atom stereocenters. The maximum absolute atomic E-state index is 4.32. The third kappa shape index (κ3) is 1.66. The van der Waals surface area contributed by atoms with Crippen molar-refractivity contribution in [2.75, 3.05) is 0 Å². The second kappa shape index (κ2) is 3.12. The fourth-order valence-electron chi connectivity index (χ4n) is 1.28. The first-order valence-corrected chi connectivity index (χ1v) is 4.41. The van der Waals surface area contributed by atoms with E-state index in [-0.39, 0.29) is 0 Å². The molecule has 4 nitrogen and oxygen atoms in total. The van der Waals surface area contributed by atoms with Crippen molar-refractivity contribution >= 4 is 11.3 Å². The number of nitrogens with one attached hydrogen (secondary N) is 1. The van der Waals surface area contributed by atoms with Gasteiger partial charge in [-0.05, 0) is 5.92 Å². The normalized spacial score (nSPS) is 11.3. The van der Waals surface area contributed by atoms with E-state index >= 15 is 0 Å². The van der Waals surface area contributed by atoms with Crippen LogP contribution >= 0.6 is 0 Å². The third-order valence-electron chi connectivity index (χ3n) is 1.78. The molecule has 0 radical (unpaired) electrons. The lowest BCUT2D eigenvalue weighted by atomic mass is 10.1. The van der Waals surface area contributed by atoms with E-state index in [1.165, 1.54) is 0 Å². The molecule has 2 rings (SSSR count). The molecule has 0 amide bonds. The molecule has 0 spiro atoms. The molecule has 0 aliphatic rings. The Bertz CT molecular complexity index is 372. The second-order valence-electron chi connectivity index (χ2n) is 3.51. The maximum atomic E-state index is 4.32. The Morgan fingerprint density at radius 1 is 1.31 bits per heavy atom. The Balaban J connectivity index is 2.38. The summed E-state index contributed by atoms with van der Waals surface area (Å²) in [6, 6.07) is 0. The van der Waals surface area contributed by atoms with Crippen LogP contribution in [0.5, 0.6) is 0 Å². The number of imidazole rings is 1. The third-order valence-corrected chi connectivity index (χ3v) is 1.78. The van der Waals surface area contributed by atoms with Crippen LogP contribution in [0.3, 0.4) is 0 Å². The number of hydrogen-bond donors (Lipinski definition) is 1. The standard InChI is InChI=1S/C9H12N4/c1-6(2)5-7-12-8-9(13-7)11-4-3-10-8/h3-4,6H,5H2,1-2H3,(H,10,11,12,13). The minimum Gasteiger partial charge on any atom is -0.325 e. The summed E-state index contributed by atoms with van der Waals surface area (Å²) in [5, 5.41) is 0. The van der Waals surface area contributed by atoms with Crippen molar-refractivity contribution in [3.63, 3.8) is 0 Å². The van der Waals surface area contributed by atoms with E-state index in [0.717, 1.165) is 17.9 Å². The molecule has 0 fully saturated rings. The van der Waals surface area contributed by atoms with Crippen LogP contribution in [0.2, 0.25) is 0 Å². The van der Waals surface area contributed by atoms with Crippen LogP contribution in [0, 0.1) is 5.92 Å². The van der Waals surface area contributed by atoms with Crippen molar-refractivity contribution in [3.05, 3.63) is 18.2 Å². The highest BCUT2D eigenvalue weighted by Gasteiger charge is 2.05. The summed E-state index contributed by atoms with van der Waals surface area (Å²) in [6.07, 6.45) is 4.26. The summed E-state index contributed by atoms with van der Waals surface area (Å²) >= 11 is 0. The van der Waals surface area contributed by atoms with Crippen molar-refractivity contribution in [2.45, 2.75) is 20.3 Å². The summed E-state index contributed by atoms with van der Waals surface area (Å²) in [5.74, 6) is 1.57. The van der Waals surface area contributed by atoms with Gasteiger partial charge >= 0.3 is 0 Å². The summed E-state index contributed by atoms with van der Waals surface area (Å²) in [6.45, 7) is 4.32. The predicted molar refractivity (Wildman–Crippen MR) is 50.2 cm³/mol. The van der Waals surface area contributed by atoms with Gasteiger partial charge in [-0.25, -0.2) is 15.0 Å². The Labute approximate surface area is 76.4 Å². The molecule has 2 heterocycles. The van der Waals surface area contributed by atoms with Gasteiger partial charge in [-0.2, -0.15) is 0 Å². The molecule has 0 aliphatic heterocycles. The van der Waals surface area contributed by atoms with Crippen molar-refractivity contribution in [1.29, 1.82) is 0 Å². The highest BCUT2D eigenvalue weighted by molar-refractivity contribution is 5.64. The fraction of sp³-hybridized carbons (Fsp3) is 0.444. The summed E-state index contributed by atoms with van der Waals surface area (Å²) in [7, 11) is 0. The average Bonchev–Trinajstić information content (AvgIpc) is 2.44. The molecule has 0 saturated heterocycles. The number of fused-ring (bicyclic) bond motifs is 1. The largest absolute Gasteiger partial charge is 0.325 e. The first kappa shape index (κ1) is 8.16. The zero-order valence-electron chi connectivity index (χ0n) is 7.78. The average molecular weight is 176 g/mol. The summed E-state index contributed by atoms with van der Waals surface area (Å²) in [4.78, 5) is 15.7. The van der Waals surface area contributed by atoms with Gasteiger partial charge < -0.3 is 4.98 Å². The SMILES string of the molecule is CC(C)Cc1nc2nccnc2[nH]1. The topological polar surface area (TPSA) is 54.5 Å². The fourth-order valence-corrected chi connectivity index (χ4v) is 1.28. The first-order valence-electron chi connectivity index (χ1n) is 4.41. The second-order valence-corrected chi connectivity index (χ2v) is 3.51. The number of aromatic nitrogens is 4. The number of nitrogens with zero attached hydrogens (tertiary/aromatic N) is 3.